The summed E-state index contributed by atoms with van der Waals surface area (Å²) >= 11 is 0. The largest absolute Gasteiger partial charge is 0.410 e. The molecule has 0 heterocycles. The van der Waals surface area contributed by atoms with Gasteiger partial charge in [-0.2, -0.15) is 0 Å². The molecule has 0 aromatic rings. The topological polar surface area (TPSA) is 44.8 Å². The molecule has 0 aromatic carbocycles. The second-order valence-corrected chi connectivity index (χ2v) is 13.3. The lowest BCUT2D eigenvalue weighted by atomic mass is 10.1. The van der Waals surface area contributed by atoms with Gasteiger partial charge in [-0.05, 0) is 68.6 Å². The summed E-state index contributed by atoms with van der Waals surface area (Å²) in [6.45, 7) is 16.3. The van der Waals surface area contributed by atoms with Gasteiger partial charge < -0.3 is 13.9 Å². The van der Waals surface area contributed by atoms with Crippen LogP contribution in [0.2, 0.25) is 18.1 Å². The molecule has 0 fully saturated rings. The normalized spacial score (nSPS) is 18.9. The molecule has 2 atom stereocenters. The van der Waals surface area contributed by atoms with Gasteiger partial charge in [0.2, 0.25) is 0 Å². The van der Waals surface area contributed by atoms with Crippen LogP contribution in [-0.2, 0) is 18.7 Å². The molecule has 0 amide bonds. The van der Waals surface area contributed by atoms with E-state index in [1.165, 1.54) is 0 Å². The number of rotatable bonds is 11. The van der Waals surface area contributed by atoms with E-state index >= 15 is 0 Å². The minimum absolute atomic E-state index is 0.0600. The highest BCUT2D eigenvalue weighted by Crippen LogP contribution is 2.38. The van der Waals surface area contributed by atoms with Crippen molar-refractivity contribution in [3.8, 4) is 0 Å². The minimum Gasteiger partial charge on any atom is -0.410 e. The molecular formula is C22H38O4Si. The van der Waals surface area contributed by atoms with E-state index in [0.29, 0.717) is 26.1 Å². The number of allylic oxidation sites excluding steroid dienone is 2. The van der Waals surface area contributed by atoms with Gasteiger partial charge in [0.1, 0.15) is 0 Å². The number of carbonyl (C=O) groups excluding carboxylic acids is 1. The number of hydrogen-bond donors (Lipinski definition) is 0. The first-order valence-corrected chi connectivity index (χ1v) is 13.0. The van der Waals surface area contributed by atoms with E-state index < -0.39 is 8.32 Å². The molecule has 0 spiro atoms. The van der Waals surface area contributed by atoms with Gasteiger partial charge in [0.05, 0.1) is 12.7 Å². The van der Waals surface area contributed by atoms with Crippen LogP contribution >= 0.6 is 0 Å². The maximum Gasteiger partial charge on any atom is 0.192 e. The molecule has 0 aromatic heterocycles. The van der Waals surface area contributed by atoms with Gasteiger partial charge >= 0.3 is 0 Å². The van der Waals surface area contributed by atoms with Crippen molar-refractivity contribution in [1.29, 1.82) is 0 Å². The molecule has 154 valence electrons. The van der Waals surface area contributed by atoms with Crippen molar-refractivity contribution < 1.29 is 18.7 Å². The summed E-state index contributed by atoms with van der Waals surface area (Å²) in [4.78, 5) is 12.2. The Morgan fingerprint density at radius 3 is 2.63 bits per heavy atom. The van der Waals surface area contributed by atoms with Gasteiger partial charge in [0.25, 0.3) is 0 Å². The Balaban J connectivity index is 2.39. The molecule has 5 heteroatoms. The molecule has 1 unspecified atom stereocenters. The Kier molecular flexibility index (Phi) is 9.92. The van der Waals surface area contributed by atoms with Gasteiger partial charge in [-0.15, -0.1) is 5.73 Å². The highest BCUT2D eigenvalue weighted by Gasteiger charge is 2.40. The van der Waals surface area contributed by atoms with Gasteiger partial charge in [0.15, 0.2) is 20.4 Å². The summed E-state index contributed by atoms with van der Waals surface area (Å²) < 4.78 is 17.2. The summed E-state index contributed by atoms with van der Waals surface area (Å²) in [7, 11) is -1.85. The SMILES string of the molecule is CCOC(C)OCCCC=C=CCC1=C[C@H](O[Si](C)(C)C(C)(C)C)CC1=O. The van der Waals surface area contributed by atoms with E-state index in [0.717, 1.165) is 18.4 Å². The monoisotopic (exact) mass is 394 g/mol. The van der Waals surface area contributed by atoms with Crippen molar-refractivity contribution in [2.45, 2.75) is 90.8 Å². The number of hydrogen-bond acceptors (Lipinski definition) is 4. The van der Waals surface area contributed by atoms with E-state index in [1.807, 2.05) is 32.1 Å². The molecule has 1 aliphatic carbocycles. The Morgan fingerprint density at radius 1 is 1.30 bits per heavy atom. The quantitative estimate of drug-likeness (QED) is 0.199. The molecule has 0 saturated carbocycles. The smallest absolute Gasteiger partial charge is 0.192 e. The van der Waals surface area contributed by atoms with Crippen molar-refractivity contribution in [3.05, 3.63) is 29.5 Å². The maximum atomic E-state index is 12.2. The second kappa shape index (κ2) is 11.1. The molecule has 4 nitrogen and oxygen atoms in total. The summed E-state index contributed by atoms with van der Waals surface area (Å²) in [5, 5.41) is 0.152. The van der Waals surface area contributed by atoms with E-state index in [-0.39, 0.29) is 23.2 Å². The van der Waals surface area contributed by atoms with Crippen molar-refractivity contribution in [2.24, 2.45) is 0 Å². The molecule has 0 saturated heterocycles. The third-order valence-electron chi connectivity index (χ3n) is 5.19. The Morgan fingerprint density at radius 2 is 2.00 bits per heavy atom. The van der Waals surface area contributed by atoms with Crippen molar-refractivity contribution in [2.75, 3.05) is 13.2 Å². The molecule has 27 heavy (non-hydrogen) atoms. The van der Waals surface area contributed by atoms with E-state index in [9.17, 15) is 4.79 Å². The lowest BCUT2D eigenvalue weighted by Gasteiger charge is -2.37. The van der Waals surface area contributed by atoms with E-state index in [4.69, 9.17) is 13.9 Å². The van der Waals surface area contributed by atoms with Gasteiger partial charge in [-0.3, -0.25) is 4.79 Å². The van der Waals surface area contributed by atoms with Gasteiger partial charge in [-0.25, -0.2) is 0 Å². The number of ketones is 1. The highest BCUT2D eigenvalue weighted by atomic mass is 28.4. The molecule has 0 bridgehead atoms. The first-order chi connectivity index (χ1) is 12.6. The lowest BCUT2D eigenvalue weighted by Crippen LogP contribution is -2.43. The average Bonchev–Trinajstić information content (AvgIpc) is 2.88. The number of carbonyl (C=O) groups is 1. The van der Waals surface area contributed by atoms with Crippen molar-refractivity contribution in [3.63, 3.8) is 0 Å². The summed E-state index contributed by atoms with van der Waals surface area (Å²) in [5.41, 5.74) is 4.03. The number of Topliss-reactive ketones (excluding diaryl/α,β-unsaturated/α-hetero) is 1. The zero-order valence-corrected chi connectivity index (χ0v) is 19.3. The summed E-state index contributed by atoms with van der Waals surface area (Å²) in [6, 6.07) is 0. The Labute approximate surface area is 166 Å². The summed E-state index contributed by atoms with van der Waals surface area (Å²) in [5.74, 6) is 0.204. The van der Waals surface area contributed by atoms with Gasteiger partial charge in [0, 0.05) is 19.4 Å². The average molecular weight is 395 g/mol. The van der Waals surface area contributed by atoms with Crippen molar-refractivity contribution >= 4 is 14.1 Å². The fourth-order valence-corrected chi connectivity index (χ4v) is 3.82. The predicted octanol–water partition coefficient (Wildman–Crippen LogP) is 5.56. The number of unbranched alkanes of at least 4 members (excludes halogenated alkanes) is 1. The van der Waals surface area contributed by atoms with Crippen LogP contribution in [0.1, 0.15) is 60.3 Å². The first kappa shape index (κ1) is 24.1. The third-order valence-corrected chi connectivity index (χ3v) is 9.69. The van der Waals surface area contributed by atoms with Crippen LogP contribution in [0.15, 0.2) is 29.5 Å². The van der Waals surface area contributed by atoms with Crippen LogP contribution in [0.5, 0.6) is 0 Å². The van der Waals surface area contributed by atoms with E-state index in [1.54, 1.807) is 0 Å². The molecule has 0 radical (unpaired) electrons. The second-order valence-electron chi connectivity index (χ2n) is 8.55. The zero-order chi connectivity index (χ0) is 20.5. The van der Waals surface area contributed by atoms with Crippen LogP contribution in [0.4, 0.5) is 0 Å². The predicted molar refractivity (Wildman–Crippen MR) is 113 cm³/mol. The van der Waals surface area contributed by atoms with Crippen molar-refractivity contribution in [1.82, 2.24) is 0 Å². The fourth-order valence-electron chi connectivity index (χ4n) is 2.56. The van der Waals surface area contributed by atoms with Crippen LogP contribution in [-0.4, -0.2) is 39.7 Å². The lowest BCUT2D eigenvalue weighted by molar-refractivity contribution is -0.127. The molecule has 1 aliphatic rings. The highest BCUT2D eigenvalue weighted by molar-refractivity contribution is 6.74. The van der Waals surface area contributed by atoms with Gasteiger partial charge in [-0.1, -0.05) is 20.8 Å². The molecule has 1 rings (SSSR count). The molecular weight excluding hydrogens is 356 g/mol. The standard InChI is InChI=1S/C22H38O4Si/c1-8-24-18(2)25-15-13-11-9-10-12-14-19-16-20(17-21(19)23)26-27(6,7)22(3,4)5/h9,12,16,18,20H,8,11,13-15,17H2,1-7H3/t10?,18?,20-/m0/s1. The van der Waals surface area contributed by atoms with E-state index in [2.05, 4.69) is 39.6 Å². The number of ether oxygens (including phenoxy) is 2. The maximum absolute atomic E-state index is 12.2. The first-order valence-electron chi connectivity index (χ1n) is 10.1. The molecule has 0 aliphatic heterocycles. The van der Waals surface area contributed by atoms with Crippen LogP contribution in [0.25, 0.3) is 0 Å². The Bertz CT molecular complexity index is 565. The fraction of sp³-hybridized carbons (Fsp3) is 0.727. The summed E-state index contributed by atoms with van der Waals surface area (Å²) in [6.07, 6.45) is 8.69. The van der Waals surface area contributed by atoms with Crippen LogP contribution in [0, 0.1) is 0 Å². The Hall–Kier alpha value is -0.973. The van der Waals surface area contributed by atoms with Crippen LogP contribution in [0.3, 0.4) is 0 Å². The molecule has 0 N–H and O–H groups in total. The minimum atomic E-state index is -1.85. The zero-order valence-electron chi connectivity index (χ0n) is 18.3. The van der Waals surface area contributed by atoms with Crippen LogP contribution < -0.4 is 0 Å². The third kappa shape index (κ3) is 8.71.